The van der Waals surface area contributed by atoms with Gasteiger partial charge in [0.05, 0.1) is 16.6 Å². The van der Waals surface area contributed by atoms with E-state index in [4.69, 9.17) is 28.9 Å². The first-order chi connectivity index (χ1) is 11.8. The van der Waals surface area contributed by atoms with Gasteiger partial charge in [0.15, 0.2) is 5.96 Å². The molecule has 0 heterocycles. The quantitative estimate of drug-likeness (QED) is 0.420. The van der Waals surface area contributed by atoms with E-state index in [1.165, 1.54) is 6.07 Å². The Morgan fingerprint density at radius 3 is 2.40 bits per heavy atom. The lowest BCUT2D eigenvalue weighted by Crippen LogP contribution is -2.28. The maximum Gasteiger partial charge on any atom is 0.251 e. The molecule has 0 spiro atoms. The monoisotopic (exact) mass is 378 g/mol. The molecule has 0 radical (unpaired) electrons. The highest BCUT2D eigenvalue weighted by Crippen LogP contribution is 2.22. The number of hydrogen-bond acceptors (Lipinski definition) is 2. The summed E-state index contributed by atoms with van der Waals surface area (Å²) in [4.78, 5) is 16.2. The number of hydrogen-bond donors (Lipinski definition) is 3. The van der Waals surface area contributed by atoms with Gasteiger partial charge in [-0.05, 0) is 55.3 Å². The van der Waals surface area contributed by atoms with Crippen LogP contribution in [0.2, 0.25) is 10.0 Å². The minimum absolute atomic E-state index is 0.241. The fourth-order valence-electron chi connectivity index (χ4n) is 2.32. The number of amides is 1. The number of nitrogens with one attached hydrogen (secondary N) is 2. The van der Waals surface area contributed by atoms with Gasteiger partial charge < -0.3 is 16.4 Å². The summed E-state index contributed by atoms with van der Waals surface area (Å²) < 4.78 is 0. The van der Waals surface area contributed by atoms with E-state index in [1.807, 2.05) is 26.0 Å². The molecule has 0 saturated carbocycles. The Balaban J connectivity index is 1.83. The summed E-state index contributed by atoms with van der Waals surface area (Å²) in [5, 5.41) is 6.54. The molecule has 25 heavy (non-hydrogen) atoms. The number of nitrogens with zero attached hydrogens (tertiary/aromatic N) is 1. The van der Waals surface area contributed by atoms with E-state index in [2.05, 4.69) is 21.7 Å². The van der Waals surface area contributed by atoms with Crippen molar-refractivity contribution in [3.05, 3.63) is 63.1 Å². The van der Waals surface area contributed by atoms with Crippen LogP contribution in [0, 0.1) is 13.8 Å². The van der Waals surface area contributed by atoms with Crippen LogP contribution in [0.25, 0.3) is 0 Å². The molecule has 0 saturated heterocycles. The number of benzene rings is 2. The van der Waals surface area contributed by atoms with Crippen LogP contribution in [0.4, 0.5) is 5.69 Å². The molecule has 0 aliphatic heterocycles. The van der Waals surface area contributed by atoms with Crippen molar-refractivity contribution in [3.63, 3.8) is 0 Å². The summed E-state index contributed by atoms with van der Waals surface area (Å²) in [6, 6.07) is 10.8. The number of guanidine groups is 1. The van der Waals surface area contributed by atoms with Crippen LogP contribution < -0.4 is 16.4 Å². The molecular weight excluding hydrogens is 359 g/mol. The first-order valence-electron chi connectivity index (χ1n) is 7.73. The summed E-state index contributed by atoms with van der Waals surface area (Å²) in [5.74, 6) is 0.0587. The second kappa shape index (κ2) is 8.74. The number of halogens is 2. The van der Waals surface area contributed by atoms with E-state index in [0.29, 0.717) is 34.7 Å². The summed E-state index contributed by atoms with van der Waals surface area (Å²) in [5.41, 5.74) is 9.48. The third-order valence-electron chi connectivity index (χ3n) is 3.36. The molecule has 0 aromatic heterocycles. The van der Waals surface area contributed by atoms with Gasteiger partial charge in [-0.1, -0.05) is 29.3 Å². The van der Waals surface area contributed by atoms with Gasteiger partial charge in [0.2, 0.25) is 0 Å². The molecule has 2 rings (SSSR count). The van der Waals surface area contributed by atoms with E-state index >= 15 is 0 Å². The summed E-state index contributed by atoms with van der Waals surface area (Å²) in [6.45, 7) is 4.75. The van der Waals surface area contributed by atoms with Crippen LogP contribution in [0.1, 0.15) is 21.5 Å². The molecule has 1 amide bonds. The Bertz CT molecular complexity index is 785. The van der Waals surface area contributed by atoms with Crippen molar-refractivity contribution in [3.8, 4) is 0 Å². The lowest BCUT2D eigenvalue weighted by Gasteiger charge is -2.08. The predicted molar refractivity (Wildman–Crippen MR) is 105 cm³/mol. The largest absolute Gasteiger partial charge is 0.370 e. The van der Waals surface area contributed by atoms with Crippen LogP contribution in [-0.4, -0.2) is 25.0 Å². The van der Waals surface area contributed by atoms with Crippen LogP contribution in [-0.2, 0) is 0 Å². The van der Waals surface area contributed by atoms with Crippen molar-refractivity contribution in [2.45, 2.75) is 13.8 Å². The Labute approximate surface area is 157 Å². The van der Waals surface area contributed by atoms with Crippen LogP contribution in [0.3, 0.4) is 0 Å². The zero-order valence-electron chi connectivity index (χ0n) is 14.1. The van der Waals surface area contributed by atoms with Crippen molar-refractivity contribution in [2.24, 2.45) is 10.7 Å². The Hall–Kier alpha value is -2.24. The second-order valence-electron chi connectivity index (χ2n) is 5.65. The molecule has 0 fully saturated rings. The Kier molecular flexibility index (Phi) is 6.67. The third kappa shape index (κ3) is 5.96. The fourth-order valence-corrected chi connectivity index (χ4v) is 2.62. The molecule has 2 aromatic carbocycles. The SMILES string of the molecule is Cc1cc(C)cc(NC(N)=NCCNC(=O)c2ccc(Cl)c(Cl)c2)c1. The fraction of sp³-hybridized carbons (Fsp3) is 0.222. The van der Waals surface area contributed by atoms with E-state index in [0.717, 1.165) is 16.8 Å². The van der Waals surface area contributed by atoms with Gasteiger partial charge in [0, 0.05) is 17.8 Å². The number of carbonyl (C=O) groups excluding carboxylic acids is 1. The highest BCUT2D eigenvalue weighted by Gasteiger charge is 2.07. The highest BCUT2D eigenvalue weighted by atomic mass is 35.5. The Morgan fingerprint density at radius 1 is 1.08 bits per heavy atom. The summed E-state index contributed by atoms with van der Waals surface area (Å²) in [7, 11) is 0. The third-order valence-corrected chi connectivity index (χ3v) is 4.09. The second-order valence-corrected chi connectivity index (χ2v) is 6.47. The van der Waals surface area contributed by atoms with Crippen LogP contribution in [0.5, 0.6) is 0 Å². The van der Waals surface area contributed by atoms with Gasteiger partial charge in [-0.15, -0.1) is 0 Å². The van der Waals surface area contributed by atoms with E-state index < -0.39 is 0 Å². The molecule has 0 bridgehead atoms. The summed E-state index contributed by atoms with van der Waals surface area (Å²) >= 11 is 11.7. The smallest absolute Gasteiger partial charge is 0.251 e. The molecule has 5 nitrogen and oxygen atoms in total. The minimum Gasteiger partial charge on any atom is -0.370 e. The molecule has 132 valence electrons. The zero-order chi connectivity index (χ0) is 18.4. The minimum atomic E-state index is -0.241. The number of carbonyl (C=O) groups is 1. The normalized spacial score (nSPS) is 11.3. The molecule has 7 heteroatoms. The van der Waals surface area contributed by atoms with Gasteiger partial charge in [0.25, 0.3) is 5.91 Å². The van der Waals surface area contributed by atoms with Crippen molar-refractivity contribution < 1.29 is 4.79 Å². The van der Waals surface area contributed by atoms with Gasteiger partial charge in [0.1, 0.15) is 0 Å². The molecule has 2 aromatic rings. The van der Waals surface area contributed by atoms with Crippen LogP contribution in [0.15, 0.2) is 41.4 Å². The molecule has 0 aliphatic carbocycles. The van der Waals surface area contributed by atoms with Crippen molar-refractivity contribution >= 4 is 40.8 Å². The molecule has 0 atom stereocenters. The number of aliphatic imine (C=N–C) groups is 1. The van der Waals surface area contributed by atoms with Crippen LogP contribution >= 0.6 is 23.2 Å². The lowest BCUT2D eigenvalue weighted by atomic mass is 10.1. The van der Waals surface area contributed by atoms with Crippen molar-refractivity contribution in [1.82, 2.24) is 5.32 Å². The predicted octanol–water partition coefficient (Wildman–Crippen LogP) is 3.77. The van der Waals surface area contributed by atoms with Gasteiger partial charge >= 0.3 is 0 Å². The van der Waals surface area contributed by atoms with E-state index in [1.54, 1.807) is 12.1 Å². The number of anilines is 1. The first-order valence-corrected chi connectivity index (χ1v) is 8.49. The van der Waals surface area contributed by atoms with E-state index in [9.17, 15) is 4.79 Å². The molecule has 0 aliphatic rings. The molecule has 0 unspecified atom stereocenters. The molecule has 4 N–H and O–H groups in total. The van der Waals surface area contributed by atoms with Crippen molar-refractivity contribution in [1.29, 1.82) is 0 Å². The number of rotatable bonds is 5. The lowest BCUT2D eigenvalue weighted by molar-refractivity contribution is 0.0955. The van der Waals surface area contributed by atoms with Gasteiger partial charge in [-0.25, -0.2) is 0 Å². The first kappa shape index (κ1) is 19.1. The van der Waals surface area contributed by atoms with Gasteiger partial charge in [-0.2, -0.15) is 0 Å². The zero-order valence-corrected chi connectivity index (χ0v) is 15.6. The van der Waals surface area contributed by atoms with Crippen molar-refractivity contribution in [2.75, 3.05) is 18.4 Å². The average molecular weight is 379 g/mol. The standard InChI is InChI=1S/C18H20Cl2N4O/c1-11-7-12(2)9-14(8-11)24-18(21)23-6-5-22-17(25)13-3-4-15(19)16(20)10-13/h3-4,7-10H,5-6H2,1-2H3,(H,22,25)(H3,21,23,24). The number of aryl methyl sites for hydroxylation is 2. The maximum atomic E-state index is 12.0. The van der Waals surface area contributed by atoms with Gasteiger partial charge in [-0.3, -0.25) is 9.79 Å². The van der Waals surface area contributed by atoms with E-state index in [-0.39, 0.29) is 5.91 Å². The topological polar surface area (TPSA) is 79.5 Å². The Morgan fingerprint density at radius 2 is 1.76 bits per heavy atom. The maximum absolute atomic E-state index is 12.0. The average Bonchev–Trinajstić information content (AvgIpc) is 2.53. The summed E-state index contributed by atoms with van der Waals surface area (Å²) in [6.07, 6.45) is 0. The number of nitrogens with two attached hydrogens (primary N) is 1. The highest BCUT2D eigenvalue weighted by molar-refractivity contribution is 6.42. The molecular formula is C18H20Cl2N4O.